The van der Waals surface area contributed by atoms with Crippen LogP contribution in [0.3, 0.4) is 0 Å². The molecule has 4 nitrogen and oxygen atoms in total. The zero-order valence-electron chi connectivity index (χ0n) is 12.8. The van der Waals surface area contributed by atoms with Gasteiger partial charge in [-0.05, 0) is 24.0 Å². The predicted molar refractivity (Wildman–Crippen MR) is 80.9 cm³/mol. The Kier molecular flexibility index (Phi) is 6.15. The lowest BCUT2D eigenvalue weighted by molar-refractivity contribution is -0.140. The lowest BCUT2D eigenvalue weighted by Crippen LogP contribution is -2.17. The molecule has 0 heterocycles. The Morgan fingerprint density at radius 3 is 2.19 bits per heavy atom. The monoisotopic (exact) mass is 290 g/mol. The van der Waals surface area contributed by atoms with Crippen LogP contribution in [-0.2, 0) is 14.3 Å². The summed E-state index contributed by atoms with van der Waals surface area (Å²) in [6.45, 7) is 9.84. The summed E-state index contributed by atoms with van der Waals surface area (Å²) in [5, 5.41) is 0. The number of benzene rings is 1. The van der Waals surface area contributed by atoms with E-state index < -0.39 is 11.9 Å². The van der Waals surface area contributed by atoms with E-state index in [2.05, 4.69) is 6.58 Å². The van der Waals surface area contributed by atoms with E-state index in [4.69, 9.17) is 9.47 Å². The van der Waals surface area contributed by atoms with Gasteiger partial charge in [0.15, 0.2) is 0 Å². The molecule has 1 rings (SSSR count). The summed E-state index contributed by atoms with van der Waals surface area (Å²) in [6, 6.07) is 8.67. The molecule has 0 fully saturated rings. The fourth-order valence-corrected chi connectivity index (χ4v) is 1.74. The fourth-order valence-electron chi connectivity index (χ4n) is 1.74. The standard InChI is InChI=1S/C17H22O4/c1-13(12-17(2,3)4)15(18)20-10-11-21-16(19)14-8-6-5-7-9-14/h5-9H,1,10-12H2,2-4H3. The van der Waals surface area contributed by atoms with E-state index in [1.54, 1.807) is 24.3 Å². The van der Waals surface area contributed by atoms with E-state index >= 15 is 0 Å². The van der Waals surface area contributed by atoms with Crippen LogP contribution in [0.1, 0.15) is 37.6 Å². The van der Waals surface area contributed by atoms with E-state index in [1.807, 2.05) is 26.8 Å². The van der Waals surface area contributed by atoms with Crippen molar-refractivity contribution in [2.24, 2.45) is 5.41 Å². The Morgan fingerprint density at radius 1 is 1.05 bits per heavy atom. The first-order valence-electron chi connectivity index (χ1n) is 6.87. The highest BCUT2D eigenvalue weighted by molar-refractivity contribution is 5.89. The Balaban J connectivity index is 2.27. The number of ether oxygens (including phenoxy) is 2. The maximum absolute atomic E-state index is 11.7. The second kappa shape index (κ2) is 7.62. The maximum atomic E-state index is 11.7. The number of carbonyl (C=O) groups excluding carboxylic acids is 2. The van der Waals surface area contributed by atoms with Crippen molar-refractivity contribution >= 4 is 11.9 Å². The van der Waals surface area contributed by atoms with Crippen LogP contribution in [0.4, 0.5) is 0 Å². The van der Waals surface area contributed by atoms with Crippen molar-refractivity contribution < 1.29 is 19.1 Å². The summed E-state index contributed by atoms with van der Waals surface area (Å²) in [5.41, 5.74) is 0.883. The Hall–Kier alpha value is -2.10. The SMILES string of the molecule is C=C(CC(C)(C)C)C(=O)OCCOC(=O)c1ccccc1. The van der Waals surface area contributed by atoms with Gasteiger partial charge in [0.25, 0.3) is 0 Å². The smallest absolute Gasteiger partial charge is 0.338 e. The zero-order valence-corrected chi connectivity index (χ0v) is 12.8. The molecule has 0 spiro atoms. The van der Waals surface area contributed by atoms with Crippen molar-refractivity contribution in [1.82, 2.24) is 0 Å². The Morgan fingerprint density at radius 2 is 1.62 bits per heavy atom. The highest BCUT2D eigenvalue weighted by Crippen LogP contribution is 2.23. The molecule has 0 aliphatic heterocycles. The van der Waals surface area contributed by atoms with Crippen LogP contribution in [0.25, 0.3) is 0 Å². The highest BCUT2D eigenvalue weighted by atomic mass is 16.6. The summed E-state index contributed by atoms with van der Waals surface area (Å²) in [4.78, 5) is 23.3. The molecule has 0 saturated carbocycles. The fraction of sp³-hybridized carbons (Fsp3) is 0.412. The van der Waals surface area contributed by atoms with Crippen LogP contribution >= 0.6 is 0 Å². The molecule has 0 amide bonds. The summed E-state index contributed by atoms with van der Waals surface area (Å²) >= 11 is 0. The van der Waals surface area contributed by atoms with Gasteiger partial charge in [0.2, 0.25) is 0 Å². The first kappa shape index (κ1) is 17.0. The third-order valence-corrected chi connectivity index (χ3v) is 2.59. The molecule has 114 valence electrons. The van der Waals surface area contributed by atoms with Crippen molar-refractivity contribution in [1.29, 1.82) is 0 Å². The second-order valence-corrected chi connectivity index (χ2v) is 5.98. The van der Waals surface area contributed by atoms with E-state index in [0.29, 0.717) is 17.6 Å². The van der Waals surface area contributed by atoms with Gasteiger partial charge in [-0.15, -0.1) is 0 Å². The molecule has 21 heavy (non-hydrogen) atoms. The third kappa shape index (κ3) is 6.75. The van der Waals surface area contributed by atoms with Gasteiger partial charge >= 0.3 is 11.9 Å². The van der Waals surface area contributed by atoms with Gasteiger partial charge in [-0.1, -0.05) is 45.5 Å². The molecule has 4 heteroatoms. The van der Waals surface area contributed by atoms with Crippen molar-refractivity contribution in [3.8, 4) is 0 Å². The van der Waals surface area contributed by atoms with E-state index in [1.165, 1.54) is 0 Å². The molecule has 0 aliphatic carbocycles. The van der Waals surface area contributed by atoms with Gasteiger partial charge in [-0.2, -0.15) is 0 Å². The second-order valence-electron chi connectivity index (χ2n) is 5.98. The lowest BCUT2D eigenvalue weighted by atomic mass is 9.88. The molecular weight excluding hydrogens is 268 g/mol. The van der Waals surface area contributed by atoms with Gasteiger partial charge in [-0.3, -0.25) is 0 Å². The lowest BCUT2D eigenvalue weighted by Gasteiger charge is -2.18. The first-order chi connectivity index (χ1) is 9.79. The third-order valence-electron chi connectivity index (χ3n) is 2.59. The molecule has 1 aromatic rings. The average Bonchev–Trinajstić information content (AvgIpc) is 2.42. The van der Waals surface area contributed by atoms with Crippen LogP contribution in [0, 0.1) is 5.41 Å². The maximum Gasteiger partial charge on any atom is 0.338 e. The van der Waals surface area contributed by atoms with Gasteiger partial charge < -0.3 is 9.47 Å². The largest absolute Gasteiger partial charge is 0.459 e. The molecule has 0 radical (unpaired) electrons. The van der Waals surface area contributed by atoms with Crippen LogP contribution < -0.4 is 0 Å². The topological polar surface area (TPSA) is 52.6 Å². The summed E-state index contributed by atoms with van der Waals surface area (Å²) in [6.07, 6.45) is 0.565. The van der Waals surface area contributed by atoms with Gasteiger partial charge in [-0.25, -0.2) is 9.59 Å². The molecule has 0 aromatic heterocycles. The van der Waals surface area contributed by atoms with E-state index in [9.17, 15) is 9.59 Å². The molecule has 0 saturated heterocycles. The number of hydrogen-bond donors (Lipinski definition) is 0. The van der Waals surface area contributed by atoms with Crippen molar-refractivity contribution in [2.75, 3.05) is 13.2 Å². The van der Waals surface area contributed by atoms with Crippen LogP contribution in [0.5, 0.6) is 0 Å². The number of hydrogen-bond acceptors (Lipinski definition) is 4. The highest BCUT2D eigenvalue weighted by Gasteiger charge is 2.17. The summed E-state index contributed by atoms with van der Waals surface area (Å²) in [5.74, 6) is -0.874. The number of esters is 2. The average molecular weight is 290 g/mol. The summed E-state index contributed by atoms with van der Waals surface area (Å²) in [7, 11) is 0. The van der Waals surface area contributed by atoms with Gasteiger partial charge in [0, 0.05) is 5.57 Å². The molecular formula is C17H22O4. The zero-order chi connectivity index (χ0) is 15.9. The normalized spacial score (nSPS) is 10.8. The van der Waals surface area contributed by atoms with Crippen LogP contribution in [0.2, 0.25) is 0 Å². The quantitative estimate of drug-likeness (QED) is 0.458. The number of carbonyl (C=O) groups is 2. The van der Waals surface area contributed by atoms with Gasteiger partial charge in [0.1, 0.15) is 13.2 Å². The molecule has 0 N–H and O–H groups in total. The first-order valence-corrected chi connectivity index (χ1v) is 6.87. The predicted octanol–water partition coefficient (Wildman–Crippen LogP) is 3.38. The number of rotatable bonds is 6. The van der Waals surface area contributed by atoms with Gasteiger partial charge in [0.05, 0.1) is 5.56 Å². The molecule has 0 aliphatic rings. The molecule has 0 unspecified atom stereocenters. The van der Waals surface area contributed by atoms with E-state index in [-0.39, 0.29) is 18.6 Å². The molecule has 0 atom stereocenters. The van der Waals surface area contributed by atoms with Crippen molar-refractivity contribution in [3.63, 3.8) is 0 Å². The minimum absolute atomic E-state index is 0.0180. The van der Waals surface area contributed by atoms with Crippen LogP contribution in [0.15, 0.2) is 42.5 Å². The van der Waals surface area contributed by atoms with Crippen molar-refractivity contribution in [2.45, 2.75) is 27.2 Å². The van der Waals surface area contributed by atoms with E-state index in [0.717, 1.165) is 0 Å². The molecule has 1 aromatic carbocycles. The summed E-state index contributed by atoms with van der Waals surface area (Å²) < 4.78 is 10.0. The minimum Gasteiger partial charge on any atom is -0.459 e. The Labute approximate surface area is 125 Å². The molecule has 0 bridgehead atoms. The van der Waals surface area contributed by atoms with Crippen LogP contribution in [-0.4, -0.2) is 25.2 Å². The van der Waals surface area contributed by atoms with Crippen molar-refractivity contribution in [3.05, 3.63) is 48.0 Å². The Bertz CT molecular complexity index is 497. The minimum atomic E-state index is -0.444.